The highest BCUT2D eigenvalue weighted by Gasteiger charge is 2.37. The third-order valence-corrected chi connectivity index (χ3v) is 5.10. The van der Waals surface area contributed by atoms with E-state index in [0.717, 1.165) is 22.4 Å². The van der Waals surface area contributed by atoms with Gasteiger partial charge in [-0.3, -0.25) is 10.00 Å². The van der Waals surface area contributed by atoms with Crippen LogP contribution in [0.3, 0.4) is 0 Å². The second-order valence-electron chi connectivity index (χ2n) is 6.86. The highest BCUT2D eigenvalue weighted by atomic mass is 19.1. The molecular formula is C21H21FN4O3. The van der Waals surface area contributed by atoms with Crippen molar-refractivity contribution in [3.05, 3.63) is 66.2 Å². The molecule has 150 valence electrons. The number of benzene rings is 2. The Hall–Kier alpha value is -3.39. The molecule has 0 saturated carbocycles. The Morgan fingerprint density at radius 3 is 2.69 bits per heavy atom. The van der Waals surface area contributed by atoms with Crippen LogP contribution in [0.2, 0.25) is 0 Å². The van der Waals surface area contributed by atoms with Crippen molar-refractivity contribution in [2.45, 2.75) is 12.6 Å². The molecule has 2 heterocycles. The number of methoxy groups -OCH3 is 1. The summed E-state index contributed by atoms with van der Waals surface area (Å²) in [6.07, 6.45) is 3.53. The molecule has 29 heavy (non-hydrogen) atoms. The van der Waals surface area contributed by atoms with E-state index in [0.29, 0.717) is 6.54 Å². The molecule has 0 spiro atoms. The predicted octanol–water partition coefficient (Wildman–Crippen LogP) is 3.03. The number of aliphatic hydroxyl groups is 1. The van der Waals surface area contributed by atoms with Crippen LogP contribution in [0.1, 0.15) is 5.56 Å². The molecule has 1 atom stereocenters. The van der Waals surface area contributed by atoms with Crippen molar-refractivity contribution in [1.82, 2.24) is 15.1 Å². The van der Waals surface area contributed by atoms with Gasteiger partial charge in [-0.05, 0) is 35.4 Å². The summed E-state index contributed by atoms with van der Waals surface area (Å²) in [7, 11) is 1.40. The highest BCUT2D eigenvalue weighted by molar-refractivity contribution is 5.95. The summed E-state index contributed by atoms with van der Waals surface area (Å²) in [5.74, 6) is -0.330. The molecule has 0 aliphatic carbocycles. The summed E-state index contributed by atoms with van der Waals surface area (Å²) in [5.41, 5.74) is 3.43. The highest BCUT2D eigenvalue weighted by Crippen LogP contribution is 2.29. The van der Waals surface area contributed by atoms with Crippen molar-refractivity contribution < 1.29 is 19.0 Å². The average molecular weight is 396 g/mol. The Balaban J connectivity index is 1.54. The molecule has 1 unspecified atom stereocenters. The van der Waals surface area contributed by atoms with Gasteiger partial charge in [0.1, 0.15) is 0 Å². The Morgan fingerprint density at radius 2 is 2.03 bits per heavy atom. The SMILES string of the molecule is COc1cc(CN2C(=O)N(c3ccc(-c4cn[nH]c4)cc3)CC2CO)ccc1F. The quantitative estimate of drug-likeness (QED) is 0.671. The number of aromatic amines is 1. The van der Waals surface area contributed by atoms with E-state index in [1.807, 2.05) is 24.3 Å². The van der Waals surface area contributed by atoms with E-state index < -0.39 is 5.82 Å². The number of rotatable bonds is 6. The second kappa shape index (κ2) is 7.92. The molecule has 2 N–H and O–H groups in total. The van der Waals surface area contributed by atoms with Crippen LogP contribution in [0, 0.1) is 5.82 Å². The number of carbonyl (C=O) groups excluding carboxylic acids is 1. The molecule has 0 radical (unpaired) electrons. The zero-order valence-electron chi connectivity index (χ0n) is 15.9. The van der Waals surface area contributed by atoms with Crippen LogP contribution in [-0.2, 0) is 6.54 Å². The van der Waals surface area contributed by atoms with Gasteiger partial charge in [0.15, 0.2) is 11.6 Å². The van der Waals surface area contributed by atoms with Gasteiger partial charge < -0.3 is 14.7 Å². The van der Waals surface area contributed by atoms with Crippen LogP contribution < -0.4 is 9.64 Å². The number of nitrogens with one attached hydrogen (secondary N) is 1. The van der Waals surface area contributed by atoms with Crippen LogP contribution in [0.25, 0.3) is 11.1 Å². The first-order valence-electron chi connectivity index (χ1n) is 9.21. The normalized spacial score (nSPS) is 16.5. The van der Waals surface area contributed by atoms with Gasteiger partial charge in [-0.1, -0.05) is 18.2 Å². The minimum atomic E-state index is -0.456. The number of ether oxygens (including phenoxy) is 1. The molecule has 2 amide bonds. The Kier molecular flexibility index (Phi) is 5.18. The number of aliphatic hydroxyl groups excluding tert-OH is 1. The monoisotopic (exact) mass is 396 g/mol. The number of nitrogens with zero attached hydrogens (tertiary/aromatic N) is 3. The average Bonchev–Trinajstić information content (AvgIpc) is 3.39. The van der Waals surface area contributed by atoms with Crippen LogP contribution >= 0.6 is 0 Å². The molecule has 8 heteroatoms. The fourth-order valence-corrected chi connectivity index (χ4v) is 3.51. The first-order chi connectivity index (χ1) is 14.1. The number of anilines is 1. The molecule has 1 aliphatic rings. The number of hydrogen-bond acceptors (Lipinski definition) is 4. The first-order valence-corrected chi connectivity index (χ1v) is 9.21. The lowest BCUT2D eigenvalue weighted by molar-refractivity contribution is 0.161. The van der Waals surface area contributed by atoms with E-state index in [4.69, 9.17) is 4.74 Å². The number of aromatic nitrogens is 2. The minimum absolute atomic E-state index is 0.126. The zero-order chi connectivity index (χ0) is 20.4. The fraction of sp³-hybridized carbons (Fsp3) is 0.238. The molecule has 4 rings (SSSR count). The lowest BCUT2D eigenvalue weighted by atomic mass is 10.1. The standard InChI is InChI=1S/C21H21FN4O3/c1-29-20-8-14(2-7-19(20)22)11-25-18(13-27)12-26(21(25)28)17-5-3-15(4-6-17)16-9-23-24-10-16/h2-10,18,27H,11-13H2,1H3,(H,23,24). The van der Waals surface area contributed by atoms with Crippen LogP contribution in [0.5, 0.6) is 5.75 Å². The lowest BCUT2D eigenvalue weighted by Crippen LogP contribution is -2.36. The number of H-pyrrole nitrogens is 1. The third-order valence-electron chi connectivity index (χ3n) is 5.10. The maximum absolute atomic E-state index is 13.7. The van der Waals surface area contributed by atoms with Gasteiger partial charge in [-0.2, -0.15) is 5.10 Å². The zero-order valence-corrected chi connectivity index (χ0v) is 15.9. The molecule has 1 fully saturated rings. The number of urea groups is 1. The predicted molar refractivity (Wildman–Crippen MR) is 106 cm³/mol. The molecule has 3 aromatic rings. The summed E-state index contributed by atoms with van der Waals surface area (Å²) < 4.78 is 18.7. The summed E-state index contributed by atoms with van der Waals surface area (Å²) in [6.45, 7) is 0.469. The van der Waals surface area contributed by atoms with Gasteiger partial charge in [0, 0.05) is 24.0 Å². The largest absolute Gasteiger partial charge is 0.494 e. The second-order valence-corrected chi connectivity index (χ2v) is 6.86. The van der Waals surface area contributed by atoms with Gasteiger partial charge in [0.25, 0.3) is 0 Å². The van der Waals surface area contributed by atoms with Crippen LogP contribution in [0.4, 0.5) is 14.9 Å². The Bertz CT molecular complexity index is 992. The lowest BCUT2D eigenvalue weighted by Gasteiger charge is -2.22. The van der Waals surface area contributed by atoms with Crippen molar-refractivity contribution in [3.8, 4) is 16.9 Å². The van der Waals surface area contributed by atoms with Crippen LogP contribution in [0.15, 0.2) is 54.9 Å². The smallest absolute Gasteiger partial charge is 0.325 e. The van der Waals surface area contributed by atoms with Crippen molar-refractivity contribution in [2.75, 3.05) is 25.2 Å². The summed E-state index contributed by atoms with van der Waals surface area (Å²) >= 11 is 0. The number of carbonyl (C=O) groups is 1. The molecule has 0 bridgehead atoms. The van der Waals surface area contributed by atoms with E-state index in [1.165, 1.54) is 13.2 Å². The minimum Gasteiger partial charge on any atom is -0.494 e. The maximum atomic E-state index is 13.7. The van der Waals surface area contributed by atoms with Gasteiger partial charge >= 0.3 is 6.03 Å². The topological polar surface area (TPSA) is 81.7 Å². The van der Waals surface area contributed by atoms with Crippen molar-refractivity contribution in [1.29, 1.82) is 0 Å². The van der Waals surface area contributed by atoms with Gasteiger partial charge in [-0.25, -0.2) is 9.18 Å². The van der Waals surface area contributed by atoms with E-state index >= 15 is 0 Å². The van der Waals surface area contributed by atoms with E-state index in [2.05, 4.69) is 10.2 Å². The van der Waals surface area contributed by atoms with Crippen molar-refractivity contribution >= 4 is 11.7 Å². The van der Waals surface area contributed by atoms with E-state index in [9.17, 15) is 14.3 Å². The summed E-state index contributed by atoms with van der Waals surface area (Å²) in [4.78, 5) is 16.3. The number of hydrogen-bond donors (Lipinski definition) is 2. The first kappa shape index (κ1) is 18.9. The molecule has 7 nitrogen and oxygen atoms in total. The molecular weight excluding hydrogens is 375 g/mol. The Labute approximate surface area is 167 Å². The third kappa shape index (κ3) is 3.66. The maximum Gasteiger partial charge on any atom is 0.325 e. The molecule has 1 aliphatic heterocycles. The van der Waals surface area contributed by atoms with E-state index in [-0.39, 0.29) is 31.0 Å². The number of amides is 2. The Morgan fingerprint density at radius 1 is 1.24 bits per heavy atom. The van der Waals surface area contributed by atoms with Gasteiger partial charge in [0.2, 0.25) is 0 Å². The van der Waals surface area contributed by atoms with Gasteiger partial charge in [0.05, 0.1) is 32.5 Å². The van der Waals surface area contributed by atoms with Gasteiger partial charge in [-0.15, -0.1) is 0 Å². The van der Waals surface area contributed by atoms with Crippen molar-refractivity contribution in [3.63, 3.8) is 0 Å². The molecule has 1 saturated heterocycles. The van der Waals surface area contributed by atoms with Crippen LogP contribution in [-0.4, -0.2) is 52.5 Å². The molecule has 2 aromatic carbocycles. The summed E-state index contributed by atoms with van der Waals surface area (Å²) in [5, 5.41) is 16.5. The fourth-order valence-electron chi connectivity index (χ4n) is 3.51. The molecule has 1 aromatic heterocycles. The number of halogens is 1. The van der Waals surface area contributed by atoms with E-state index in [1.54, 1.807) is 34.3 Å². The van der Waals surface area contributed by atoms with Crippen molar-refractivity contribution in [2.24, 2.45) is 0 Å². The summed E-state index contributed by atoms with van der Waals surface area (Å²) in [6, 6.07) is 11.5.